The molecule has 3 amide bonds. The number of aryl methyl sites for hydroxylation is 1. The zero-order chi connectivity index (χ0) is 22.1. The minimum absolute atomic E-state index is 0.0393. The SMILES string of the molecule is COC(=O)c1c(NC(=S)NC(=O)CCN2C(=O)c3ccccc3C2=O)sc2c1CCC2. The van der Waals surface area contributed by atoms with E-state index in [1.165, 1.54) is 18.4 Å². The van der Waals surface area contributed by atoms with Crippen LogP contribution in [0.2, 0.25) is 0 Å². The van der Waals surface area contributed by atoms with Crippen molar-refractivity contribution in [3.8, 4) is 0 Å². The number of anilines is 1. The quantitative estimate of drug-likeness (QED) is 0.404. The van der Waals surface area contributed by atoms with Gasteiger partial charge in [-0.3, -0.25) is 19.3 Å². The van der Waals surface area contributed by atoms with Crippen molar-refractivity contribution in [3.63, 3.8) is 0 Å². The fraction of sp³-hybridized carbons (Fsp3) is 0.286. The lowest BCUT2D eigenvalue weighted by atomic mass is 10.1. The Kier molecular flexibility index (Phi) is 5.84. The highest BCUT2D eigenvalue weighted by Gasteiger charge is 2.35. The van der Waals surface area contributed by atoms with E-state index in [9.17, 15) is 19.2 Å². The van der Waals surface area contributed by atoms with Crippen molar-refractivity contribution in [3.05, 3.63) is 51.4 Å². The van der Waals surface area contributed by atoms with Gasteiger partial charge >= 0.3 is 5.97 Å². The number of hydrogen-bond acceptors (Lipinski definition) is 7. The van der Waals surface area contributed by atoms with Crippen molar-refractivity contribution in [2.24, 2.45) is 0 Å². The average molecular weight is 458 g/mol. The Morgan fingerprint density at radius 1 is 1.16 bits per heavy atom. The van der Waals surface area contributed by atoms with E-state index in [2.05, 4.69) is 10.6 Å². The molecule has 8 nitrogen and oxygen atoms in total. The zero-order valence-electron chi connectivity index (χ0n) is 16.6. The second-order valence-corrected chi connectivity index (χ2v) is 8.63. The van der Waals surface area contributed by atoms with Gasteiger partial charge in [0, 0.05) is 17.8 Å². The molecule has 2 N–H and O–H groups in total. The van der Waals surface area contributed by atoms with Crippen molar-refractivity contribution < 1.29 is 23.9 Å². The number of thiocarbonyl (C=S) groups is 1. The number of esters is 1. The number of nitrogens with zero attached hydrogens (tertiary/aromatic N) is 1. The molecule has 1 aliphatic carbocycles. The molecule has 2 aromatic rings. The summed E-state index contributed by atoms with van der Waals surface area (Å²) in [6.45, 7) is -0.0541. The second kappa shape index (κ2) is 8.56. The Morgan fingerprint density at radius 2 is 1.84 bits per heavy atom. The first-order valence-electron chi connectivity index (χ1n) is 9.69. The number of rotatable bonds is 5. The van der Waals surface area contributed by atoms with Crippen LogP contribution in [0.25, 0.3) is 0 Å². The maximum absolute atomic E-state index is 12.4. The topological polar surface area (TPSA) is 105 Å². The number of nitrogens with one attached hydrogen (secondary N) is 2. The molecule has 0 spiro atoms. The smallest absolute Gasteiger partial charge is 0.341 e. The molecule has 0 saturated heterocycles. The Labute approximate surface area is 187 Å². The average Bonchev–Trinajstić information content (AvgIpc) is 3.39. The van der Waals surface area contributed by atoms with Crippen molar-refractivity contribution in [1.82, 2.24) is 10.2 Å². The highest BCUT2D eigenvalue weighted by Crippen LogP contribution is 2.39. The van der Waals surface area contributed by atoms with E-state index in [1.807, 2.05) is 0 Å². The lowest BCUT2D eigenvalue weighted by Gasteiger charge is -2.14. The predicted molar refractivity (Wildman–Crippen MR) is 118 cm³/mol. The van der Waals surface area contributed by atoms with Crippen LogP contribution >= 0.6 is 23.6 Å². The molecule has 0 atom stereocenters. The van der Waals surface area contributed by atoms with Gasteiger partial charge in [0.1, 0.15) is 5.00 Å². The van der Waals surface area contributed by atoms with Crippen LogP contribution in [-0.2, 0) is 22.4 Å². The first-order chi connectivity index (χ1) is 14.9. The molecule has 0 bridgehead atoms. The van der Waals surface area contributed by atoms with Gasteiger partial charge in [-0.1, -0.05) is 12.1 Å². The van der Waals surface area contributed by atoms with Gasteiger partial charge in [0.15, 0.2) is 5.11 Å². The van der Waals surface area contributed by atoms with E-state index in [4.69, 9.17) is 17.0 Å². The van der Waals surface area contributed by atoms with Crippen LogP contribution < -0.4 is 10.6 Å². The van der Waals surface area contributed by atoms with Gasteiger partial charge < -0.3 is 15.4 Å². The maximum atomic E-state index is 12.4. The molecule has 1 aromatic carbocycles. The van der Waals surface area contributed by atoms with Gasteiger partial charge in [-0.25, -0.2) is 4.79 Å². The van der Waals surface area contributed by atoms with Crippen LogP contribution in [0.4, 0.5) is 5.00 Å². The molecule has 2 heterocycles. The summed E-state index contributed by atoms with van der Waals surface area (Å²) in [4.78, 5) is 51.4. The molecule has 4 rings (SSSR count). The molecule has 10 heteroatoms. The zero-order valence-corrected chi connectivity index (χ0v) is 18.3. The standard InChI is InChI=1S/C21H19N3O5S2/c1-29-20(28)16-13-7-4-8-14(13)31-17(16)23-21(30)22-15(25)9-10-24-18(26)11-5-2-3-6-12(11)19(24)27/h2-3,5-6H,4,7-10H2,1H3,(H2,22,23,25,30). The van der Waals surface area contributed by atoms with Crippen LogP contribution in [0.1, 0.15) is 54.4 Å². The summed E-state index contributed by atoms with van der Waals surface area (Å²) in [5.41, 5.74) is 2.11. The van der Waals surface area contributed by atoms with Gasteiger partial charge in [0.25, 0.3) is 11.8 Å². The molecular formula is C21H19N3O5S2. The van der Waals surface area contributed by atoms with Gasteiger partial charge in [-0.05, 0) is 49.2 Å². The van der Waals surface area contributed by atoms with Gasteiger partial charge in [-0.2, -0.15) is 0 Å². The molecule has 1 aromatic heterocycles. The van der Waals surface area contributed by atoms with Crippen LogP contribution in [0.5, 0.6) is 0 Å². The van der Waals surface area contributed by atoms with Crippen molar-refractivity contribution in [2.75, 3.05) is 19.0 Å². The molecule has 1 aliphatic heterocycles. The number of amides is 3. The minimum Gasteiger partial charge on any atom is -0.465 e. The summed E-state index contributed by atoms with van der Waals surface area (Å²) >= 11 is 6.64. The number of thiophene rings is 1. The fourth-order valence-electron chi connectivity index (χ4n) is 3.79. The number of methoxy groups -OCH3 is 1. The lowest BCUT2D eigenvalue weighted by Crippen LogP contribution is -2.38. The number of carbonyl (C=O) groups excluding carboxylic acids is 4. The monoisotopic (exact) mass is 457 g/mol. The summed E-state index contributed by atoms with van der Waals surface area (Å²) in [6, 6.07) is 6.55. The van der Waals surface area contributed by atoms with Crippen LogP contribution in [-0.4, -0.2) is 47.4 Å². The number of ether oxygens (including phenoxy) is 1. The molecule has 31 heavy (non-hydrogen) atoms. The third-order valence-corrected chi connectivity index (χ3v) is 6.64. The van der Waals surface area contributed by atoms with Gasteiger partial charge in [0.2, 0.25) is 5.91 Å². The molecular weight excluding hydrogens is 438 g/mol. The Balaban J connectivity index is 1.35. The van der Waals surface area contributed by atoms with E-state index in [0.717, 1.165) is 34.6 Å². The lowest BCUT2D eigenvalue weighted by molar-refractivity contribution is -0.119. The third kappa shape index (κ3) is 3.96. The highest BCUT2D eigenvalue weighted by atomic mass is 32.1. The number of carbonyl (C=O) groups is 4. The Bertz CT molecular complexity index is 1090. The number of fused-ring (bicyclic) bond motifs is 2. The van der Waals surface area contributed by atoms with Crippen molar-refractivity contribution in [1.29, 1.82) is 0 Å². The van der Waals surface area contributed by atoms with Crippen molar-refractivity contribution in [2.45, 2.75) is 25.7 Å². The highest BCUT2D eigenvalue weighted by molar-refractivity contribution is 7.80. The fourth-order valence-corrected chi connectivity index (χ4v) is 5.35. The van der Waals surface area contributed by atoms with E-state index >= 15 is 0 Å². The van der Waals surface area contributed by atoms with Crippen LogP contribution in [0, 0.1) is 0 Å². The summed E-state index contributed by atoms with van der Waals surface area (Å²) in [6.07, 6.45) is 2.59. The first kappa shape index (κ1) is 21.1. The normalized spacial score (nSPS) is 14.3. The molecule has 0 fully saturated rings. The third-order valence-electron chi connectivity index (χ3n) is 5.23. The summed E-state index contributed by atoms with van der Waals surface area (Å²) in [5, 5.41) is 6.04. The predicted octanol–water partition coefficient (Wildman–Crippen LogP) is 2.52. The summed E-state index contributed by atoms with van der Waals surface area (Å²) < 4.78 is 4.89. The van der Waals surface area contributed by atoms with Gasteiger partial charge in [0.05, 0.1) is 23.8 Å². The summed E-state index contributed by atoms with van der Waals surface area (Å²) in [7, 11) is 1.32. The number of hydrogen-bond donors (Lipinski definition) is 2. The minimum atomic E-state index is -0.447. The molecule has 160 valence electrons. The Morgan fingerprint density at radius 3 is 2.48 bits per heavy atom. The maximum Gasteiger partial charge on any atom is 0.341 e. The van der Waals surface area contributed by atoms with Gasteiger partial charge in [-0.15, -0.1) is 11.3 Å². The van der Waals surface area contributed by atoms with Crippen LogP contribution in [0.3, 0.4) is 0 Å². The first-order valence-corrected chi connectivity index (χ1v) is 10.9. The molecule has 0 radical (unpaired) electrons. The summed E-state index contributed by atoms with van der Waals surface area (Å²) in [5.74, 6) is -1.71. The molecule has 2 aliphatic rings. The van der Waals surface area contributed by atoms with Crippen molar-refractivity contribution >= 4 is 57.4 Å². The molecule has 0 saturated carbocycles. The number of benzene rings is 1. The number of imide groups is 1. The van der Waals surface area contributed by atoms with E-state index in [0.29, 0.717) is 21.7 Å². The molecule has 0 unspecified atom stereocenters. The van der Waals surface area contributed by atoms with E-state index < -0.39 is 23.7 Å². The largest absolute Gasteiger partial charge is 0.465 e. The van der Waals surface area contributed by atoms with Crippen LogP contribution in [0.15, 0.2) is 24.3 Å². The van der Waals surface area contributed by atoms with E-state index in [1.54, 1.807) is 24.3 Å². The second-order valence-electron chi connectivity index (χ2n) is 7.11. The Hall–Kier alpha value is -3.11. The van der Waals surface area contributed by atoms with E-state index in [-0.39, 0.29) is 18.1 Å².